The molecule has 0 amide bonds. The Bertz CT molecular complexity index is 313. The average Bonchev–Trinajstić information content (AvgIpc) is 2.64. The maximum atomic E-state index is 9.44. The monoisotopic (exact) mass is 192 g/mol. The Morgan fingerprint density at radius 1 is 1.57 bits per heavy atom. The van der Waals surface area contributed by atoms with Crippen LogP contribution >= 0.6 is 0 Å². The lowest BCUT2D eigenvalue weighted by Crippen LogP contribution is -2.30. The number of fused-ring (bicyclic) bond motifs is 2. The smallest absolute Gasteiger partial charge is 0.0471 e. The van der Waals surface area contributed by atoms with E-state index < -0.39 is 0 Å². The van der Waals surface area contributed by atoms with Gasteiger partial charge in [-0.15, -0.1) is 0 Å². The second kappa shape index (κ2) is 2.96. The molecule has 1 nitrogen and oxygen atoms in total. The standard InChI is InChI=1S/C13H20O/c1-8(2)13-6-11(5-12(13)7-14)9(3)10(13)4/h11-12,14H,1,5-7H2,2-4H3. The molecule has 2 aliphatic rings. The Morgan fingerprint density at radius 3 is 2.64 bits per heavy atom. The molecule has 3 atom stereocenters. The van der Waals surface area contributed by atoms with E-state index in [-0.39, 0.29) is 5.41 Å². The number of hydrogen-bond acceptors (Lipinski definition) is 1. The van der Waals surface area contributed by atoms with E-state index in [1.807, 2.05) is 0 Å². The van der Waals surface area contributed by atoms with Gasteiger partial charge in [0.15, 0.2) is 0 Å². The molecule has 2 aliphatic carbocycles. The second-order valence-corrected chi connectivity index (χ2v) is 5.08. The summed E-state index contributed by atoms with van der Waals surface area (Å²) in [5.74, 6) is 1.14. The normalized spacial score (nSPS) is 40.9. The van der Waals surface area contributed by atoms with Crippen LogP contribution in [-0.4, -0.2) is 11.7 Å². The van der Waals surface area contributed by atoms with Gasteiger partial charge in [-0.3, -0.25) is 0 Å². The van der Waals surface area contributed by atoms with E-state index in [0.717, 1.165) is 6.42 Å². The Balaban J connectivity index is 2.49. The van der Waals surface area contributed by atoms with E-state index >= 15 is 0 Å². The molecule has 0 heterocycles. The lowest BCUT2D eigenvalue weighted by atomic mass is 9.68. The summed E-state index contributed by atoms with van der Waals surface area (Å²) in [6.07, 6.45) is 2.36. The van der Waals surface area contributed by atoms with E-state index in [0.29, 0.717) is 18.4 Å². The van der Waals surface area contributed by atoms with E-state index in [9.17, 15) is 5.11 Å². The summed E-state index contributed by atoms with van der Waals surface area (Å²) >= 11 is 0. The van der Waals surface area contributed by atoms with Gasteiger partial charge in [0, 0.05) is 12.0 Å². The fourth-order valence-electron chi connectivity index (χ4n) is 3.70. The molecule has 0 aromatic rings. The first-order chi connectivity index (χ1) is 6.54. The molecule has 0 aliphatic heterocycles. The van der Waals surface area contributed by atoms with Gasteiger partial charge in [-0.25, -0.2) is 0 Å². The molecule has 0 aromatic heterocycles. The molecule has 14 heavy (non-hydrogen) atoms. The van der Waals surface area contributed by atoms with Crippen molar-refractivity contribution in [2.24, 2.45) is 17.3 Å². The van der Waals surface area contributed by atoms with Gasteiger partial charge in [-0.1, -0.05) is 23.3 Å². The number of rotatable bonds is 2. The van der Waals surface area contributed by atoms with E-state index in [4.69, 9.17) is 0 Å². The molecule has 1 saturated carbocycles. The van der Waals surface area contributed by atoms with Crippen LogP contribution in [0.25, 0.3) is 0 Å². The maximum Gasteiger partial charge on any atom is 0.0471 e. The van der Waals surface area contributed by atoms with Gasteiger partial charge in [-0.05, 0) is 45.4 Å². The van der Waals surface area contributed by atoms with Gasteiger partial charge in [0.1, 0.15) is 0 Å². The molecular formula is C13H20O. The highest BCUT2D eigenvalue weighted by atomic mass is 16.3. The predicted octanol–water partition coefficient (Wildman–Crippen LogP) is 2.92. The molecule has 2 bridgehead atoms. The molecule has 0 radical (unpaired) electrons. The molecule has 3 unspecified atom stereocenters. The molecule has 1 fully saturated rings. The number of allylic oxidation sites excluding steroid dienone is 3. The van der Waals surface area contributed by atoms with Crippen molar-refractivity contribution < 1.29 is 5.11 Å². The molecule has 2 rings (SSSR count). The van der Waals surface area contributed by atoms with E-state index in [1.165, 1.54) is 17.6 Å². The molecular weight excluding hydrogens is 172 g/mol. The van der Waals surface area contributed by atoms with Crippen molar-refractivity contribution in [3.8, 4) is 0 Å². The van der Waals surface area contributed by atoms with Gasteiger partial charge in [-0.2, -0.15) is 0 Å². The largest absolute Gasteiger partial charge is 0.396 e. The van der Waals surface area contributed by atoms with Crippen LogP contribution in [-0.2, 0) is 0 Å². The van der Waals surface area contributed by atoms with Crippen LogP contribution in [0.2, 0.25) is 0 Å². The highest BCUT2D eigenvalue weighted by molar-refractivity contribution is 5.40. The van der Waals surface area contributed by atoms with Crippen molar-refractivity contribution in [2.45, 2.75) is 33.6 Å². The van der Waals surface area contributed by atoms with Crippen LogP contribution in [0.4, 0.5) is 0 Å². The van der Waals surface area contributed by atoms with Gasteiger partial charge in [0.2, 0.25) is 0 Å². The molecule has 1 N–H and O–H groups in total. The number of hydrogen-bond donors (Lipinski definition) is 1. The average molecular weight is 192 g/mol. The summed E-state index contributed by atoms with van der Waals surface area (Å²) in [6.45, 7) is 11.1. The fourth-order valence-corrected chi connectivity index (χ4v) is 3.70. The third-order valence-electron chi connectivity index (χ3n) is 4.69. The van der Waals surface area contributed by atoms with Crippen molar-refractivity contribution in [3.63, 3.8) is 0 Å². The molecule has 1 heteroatoms. The van der Waals surface area contributed by atoms with Gasteiger partial charge >= 0.3 is 0 Å². The van der Waals surface area contributed by atoms with Crippen molar-refractivity contribution in [1.82, 2.24) is 0 Å². The minimum atomic E-state index is 0.142. The summed E-state index contributed by atoms with van der Waals surface area (Å²) in [6, 6.07) is 0. The summed E-state index contributed by atoms with van der Waals surface area (Å²) in [5, 5.41) is 9.44. The Labute approximate surface area is 86.5 Å². The van der Waals surface area contributed by atoms with Gasteiger partial charge in [0.25, 0.3) is 0 Å². The third-order valence-corrected chi connectivity index (χ3v) is 4.69. The first-order valence-electron chi connectivity index (χ1n) is 5.48. The molecule has 0 spiro atoms. The lowest BCUT2D eigenvalue weighted by molar-refractivity contribution is 0.165. The minimum Gasteiger partial charge on any atom is -0.396 e. The van der Waals surface area contributed by atoms with Crippen LogP contribution in [0, 0.1) is 17.3 Å². The fraction of sp³-hybridized carbons (Fsp3) is 0.692. The molecule has 78 valence electrons. The Kier molecular flexibility index (Phi) is 2.11. The lowest BCUT2D eigenvalue weighted by Gasteiger charge is -2.37. The molecule has 0 aromatic carbocycles. The van der Waals surface area contributed by atoms with Crippen LogP contribution in [0.1, 0.15) is 33.6 Å². The predicted molar refractivity (Wildman–Crippen MR) is 58.9 cm³/mol. The van der Waals surface area contributed by atoms with Crippen LogP contribution < -0.4 is 0 Å². The quantitative estimate of drug-likeness (QED) is 0.667. The maximum absolute atomic E-state index is 9.44. The first-order valence-corrected chi connectivity index (χ1v) is 5.48. The van der Waals surface area contributed by atoms with E-state index in [1.54, 1.807) is 5.57 Å². The van der Waals surface area contributed by atoms with Gasteiger partial charge < -0.3 is 5.11 Å². The van der Waals surface area contributed by atoms with Gasteiger partial charge in [0.05, 0.1) is 0 Å². The highest BCUT2D eigenvalue weighted by Crippen LogP contribution is 2.63. The summed E-state index contributed by atoms with van der Waals surface area (Å²) in [4.78, 5) is 0. The zero-order valence-corrected chi connectivity index (χ0v) is 9.43. The highest BCUT2D eigenvalue weighted by Gasteiger charge is 2.54. The summed E-state index contributed by atoms with van der Waals surface area (Å²) < 4.78 is 0. The minimum absolute atomic E-state index is 0.142. The van der Waals surface area contributed by atoms with E-state index in [2.05, 4.69) is 27.4 Å². The SMILES string of the molecule is C=C(C)C12CC(CC1CO)C(C)=C2C. The van der Waals surface area contributed by atoms with Crippen molar-refractivity contribution in [2.75, 3.05) is 6.61 Å². The Morgan fingerprint density at radius 2 is 2.21 bits per heavy atom. The van der Waals surface area contributed by atoms with Crippen LogP contribution in [0.5, 0.6) is 0 Å². The summed E-state index contributed by atoms with van der Waals surface area (Å²) in [5.41, 5.74) is 4.43. The van der Waals surface area contributed by atoms with Crippen molar-refractivity contribution in [3.05, 3.63) is 23.3 Å². The second-order valence-electron chi connectivity index (χ2n) is 5.08. The number of aliphatic hydroxyl groups is 1. The Hall–Kier alpha value is -0.560. The number of aliphatic hydroxyl groups excluding tert-OH is 1. The van der Waals surface area contributed by atoms with Crippen LogP contribution in [0.3, 0.4) is 0 Å². The van der Waals surface area contributed by atoms with Crippen LogP contribution in [0.15, 0.2) is 23.3 Å². The summed E-state index contributed by atoms with van der Waals surface area (Å²) in [7, 11) is 0. The van der Waals surface area contributed by atoms with Crippen molar-refractivity contribution >= 4 is 0 Å². The first kappa shape index (κ1) is 9.97. The topological polar surface area (TPSA) is 20.2 Å². The third kappa shape index (κ3) is 0.939. The molecule has 0 saturated heterocycles. The zero-order chi connectivity index (χ0) is 10.5. The van der Waals surface area contributed by atoms with Crippen molar-refractivity contribution in [1.29, 1.82) is 0 Å². The zero-order valence-electron chi connectivity index (χ0n) is 9.43.